The van der Waals surface area contributed by atoms with Gasteiger partial charge in [-0.25, -0.2) is 4.98 Å². The minimum atomic E-state index is 0.185. The average molecular weight is 275 g/mol. The lowest BCUT2D eigenvalue weighted by Crippen LogP contribution is -2.40. The number of aromatic nitrogens is 1. The van der Waals surface area contributed by atoms with E-state index in [9.17, 15) is 0 Å². The number of rotatable bonds is 5. The first-order chi connectivity index (χ1) is 9.42. The highest BCUT2D eigenvalue weighted by molar-refractivity contribution is 7.07. The van der Waals surface area contributed by atoms with Gasteiger partial charge in [0.15, 0.2) is 0 Å². The van der Waals surface area contributed by atoms with Gasteiger partial charge in [-0.05, 0) is 12.1 Å². The van der Waals surface area contributed by atoms with Crippen LogP contribution in [0.15, 0.2) is 35.2 Å². The molecule has 3 rings (SSSR count). The molecule has 0 radical (unpaired) electrons. The third-order valence-electron chi connectivity index (χ3n) is 3.11. The summed E-state index contributed by atoms with van der Waals surface area (Å²) in [4.78, 5) is 4.27. The van der Waals surface area contributed by atoms with Crippen molar-refractivity contribution in [3.8, 4) is 5.75 Å². The van der Waals surface area contributed by atoms with Crippen molar-refractivity contribution in [2.75, 3.05) is 25.0 Å². The molecule has 2 N–H and O–H groups in total. The molecule has 1 atom stereocenters. The first-order valence-electron chi connectivity index (χ1n) is 6.49. The predicted molar refractivity (Wildman–Crippen MR) is 78.0 cm³/mol. The third-order valence-corrected chi connectivity index (χ3v) is 3.75. The maximum Gasteiger partial charge on any atom is 0.142 e. The lowest BCUT2D eigenvalue weighted by Gasteiger charge is -2.27. The Morgan fingerprint density at radius 3 is 3.26 bits per heavy atom. The average Bonchev–Trinajstić information content (AvgIpc) is 2.97. The van der Waals surface area contributed by atoms with E-state index in [1.165, 1.54) is 0 Å². The summed E-state index contributed by atoms with van der Waals surface area (Å²) in [6.45, 7) is 2.64. The third kappa shape index (κ3) is 3.24. The van der Waals surface area contributed by atoms with Crippen molar-refractivity contribution >= 4 is 17.0 Å². The molecule has 1 aromatic carbocycles. The number of thiazole rings is 1. The van der Waals surface area contributed by atoms with Crippen molar-refractivity contribution in [1.82, 2.24) is 10.3 Å². The number of hydrogen-bond acceptors (Lipinski definition) is 5. The number of ether oxygens (including phenoxy) is 1. The van der Waals surface area contributed by atoms with E-state index in [4.69, 9.17) is 4.74 Å². The number of fused-ring (bicyclic) bond motifs is 1. The quantitative estimate of drug-likeness (QED) is 0.821. The molecule has 0 saturated heterocycles. The second kappa shape index (κ2) is 6.04. The Kier molecular flexibility index (Phi) is 3.95. The first kappa shape index (κ1) is 12.4. The Balaban J connectivity index is 1.42. The van der Waals surface area contributed by atoms with Crippen molar-refractivity contribution in [1.29, 1.82) is 0 Å². The van der Waals surface area contributed by atoms with Crippen LogP contribution in [0.1, 0.15) is 5.69 Å². The Labute approximate surface area is 116 Å². The molecule has 2 aromatic rings. The van der Waals surface area contributed by atoms with E-state index in [0.717, 1.165) is 43.2 Å². The summed E-state index contributed by atoms with van der Waals surface area (Å²) in [7, 11) is 0. The van der Waals surface area contributed by atoms with Gasteiger partial charge in [-0.1, -0.05) is 12.1 Å². The summed E-state index contributed by atoms with van der Waals surface area (Å²) in [6.07, 6.45) is 1.16. The molecule has 100 valence electrons. The molecule has 0 spiro atoms. The molecule has 0 aliphatic carbocycles. The van der Waals surface area contributed by atoms with Crippen LogP contribution in [0, 0.1) is 0 Å². The van der Waals surface area contributed by atoms with Crippen LogP contribution < -0.4 is 15.4 Å². The fraction of sp³-hybridized carbons (Fsp3) is 0.357. The van der Waals surface area contributed by atoms with Crippen molar-refractivity contribution in [2.24, 2.45) is 0 Å². The Morgan fingerprint density at radius 2 is 2.37 bits per heavy atom. The molecule has 1 aromatic heterocycles. The van der Waals surface area contributed by atoms with Gasteiger partial charge in [0.25, 0.3) is 0 Å². The molecule has 2 heterocycles. The molecule has 1 aliphatic heterocycles. The number of benzene rings is 1. The molecule has 0 fully saturated rings. The molecule has 19 heavy (non-hydrogen) atoms. The fourth-order valence-corrected chi connectivity index (χ4v) is 2.71. The Morgan fingerprint density at radius 1 is 1.42 bits per heavy atom. The summed E-state index contributed by atoms with van der Waals surface area (Å²) in [5, 5.41) is 8.91. The molecule has 4 nitrogen and oxygen atoms in total. The fourth-order valence-electron chi connectivity index (χ4n) is 2.11. The van der Waals surface area contributed by atoms with E-state index in [2.05, 4.69) is 21.0 Å². The van der Waals surface area contributed by atoms with Crippen molar-refractivity contribution in [3.05, 3.63) is 40.8 Å². The highest BCUT2D eigenvalue weighted by Gasteiger charge is 2.17. The normalized spacial score (nSPS) is 17.4. The number of nitrogens with zero attached hydrogens (tertiary/aromatic N) is 1. The van der Waals surface area contributed by atoms with Crippen molar-refractivity contribution < 1.29 is 4.74 Å². The van der Waals surface area contributed by atoms with Crippen LogP contribution in [0.25, 0.3) is 0 Å². The zero-order valence-corrected chi connectivity index (χ0v) is 11.5. The largest absolute Gasteiger partial charge is 0.485 e. The van der Waals surface area contributed by atoms with E-state index < -0.39 is 0 Å². The lowest BCUT2D eigenvalue weighted by molar-refractivity contribution is 0.202. The topological polar surface area (TPSA) is 46.2 Å². The minimum Gasteiger partial charge on any atom is -0.485 e. The van der Waals surface area contributed by atoms with E-state index >= 15 is 0 Å². The van der Waals surface area contributed by atoms with E-state index in [1.54, 1.807) is 11.3 Å². The molecular formula is C14H17N3OS. The summed E-state index contributed by atoms with van der Waals surface area (Å²) < 4.78 is 5.93. The first-order valence-corrected chi connectivity index (χ1v) is 7.43. The van der Waals surface area contributed by atoms with Gasteiger partial charge >= 0.3 is 0 Å². The molecule has 1 unspecified atom stereocenters. The monoisotopic (exact) mass is 275 g/mol. The van der Waals surface area contributed by atoms with Gasteiger partial charge < -0.3 is 15.4 Å². The zero-order valence-electron chi connectivity index (χ0n) is 10.6. The smallest absolute Gasteiger partial charge is 0.142 e. The van der Waals surface area contributed by atoms with Crippen LogP contribution in [-0.4, -0.2) is 30.7 Å². The molecule has 0 saturated carbocycles. The Bertz CT molecular complexity index is 515. The SMILES string of the molecule is c1ccc2c(c1)NCC(CNCCc1cscn1)O2. The molecule has 1 aliphatic rings. The van der Waals surface area contributed by atoms with Gasteiger partial charge in [-0.2, -0.15) is 0 Å². The number of anilines is 1. The van der Waals surface area contributed by atoms with Gasteiger partial charge in [0.1, 0.15) is 11.9 Å². The standard InChI is InChI=1S/C14H17N3OS/c1-2-4-14-13(3-1)16-8-12(18-14)7-15-6-5-11-9-19-10-17-11/h1-4,9-10,12,15-16H,5-8H2. The zero-order chi connectivity index (χ0) is 12.9. The maximum absolute atomic E-state index is 5.93. The van der Waals surface area contributed by atoms with Gasteiger partial charge in [0, 0.05) is 24.9 Å². The summed E-state index contributed by atoms with van der Waals surface area (Å²) >= 11 is 1.64. The predicted octanol–water partition coefficient (Wildman–Crippen LogP) is 2.15. The Hall–Kier alpha value is -1.59. The van der Waals surface area contributed by atoms with Crippen LogP contribution in [0.2, 0.25) is 0 Å². The van der Waals surface area contributed by atoms with Crippen molar-refractivity contribution in [3.63, 3.8) is 0 Å². The second-order valence-electron chi connectivity index (χ2n) is 4.55. The van der Waals surface area contributed by atoms with Gasteiger partial charge in [-0.3, -0.25) is 0 Å². The minimum absolute atomic E-state index is 0.185. The number of para-hydroxylation sites is 2. The molecule has 5 heteroatoms. The van der Waals surface area contributed by atoms with Gasteiger partial charge in [0.05, 0.1) is 23.4 Å². The lowest BCUT2D eigenvalue weighted by atomic mass is 10.2. The number of nitrogens with one attached hydrogen (secondary N) is 2. The van der Waals surface area contributed by atoms with Gasteiger partial charge in [-0.15, -0.1) is 11.3 Å². The van der Waals surface area contributed by atoms with Crippen LogP contribution in [0.5, 0.6) is 5.75 Å². The van der Waals surface area contributed by atoms with Crippen LogP contribution in [0.4, 0.5) is 5.69 Å². The van der Waals surface area contributed by atoms with E-state index in [0.29, 0.717) is 0 Å². The summed E-state index contributed by atoms with van der Waals surface area (Å²) in [5.74, 6) is 0.944. The molecular weight excluding hydrogens is 258 g/mol. The summed E-state index contributed by atoms with van der Waals surface area (Å²) in [6, 6.07) is 8.06. The second-order valence-corrected chi connectivity index (χ2v) is 5.27. The maximum atomic E-state index is 5.93. The van der Waals surface area contributed by atoms with Crippen LogP contribution in [-0.2, 0) is 6.42 Å². The highest BCUT2D eigenvalue weighted by atomic mass is 32.1. The van der Waals surface area contributed by atoms with Crippen LogP contribution >= 0.6 is 11.3 Å². The summed E-state index contributed by atoms with van der Waals surface area (Å²) in [5.41, 5.74) is 4.12. The van der Waals surface area contributed by atoms with E-state index in [1.807, 2.05) is 29.8 Å². The van der Waals surface area contributed by atoms with Crippen LogP contribution in [0.3, 0.4) is 0 Å². The molecule has 0 bridgehead atoms. The molecule has 0 amide bonds. The van der Waals surface area contributed by atoms with Crippen molar-refractivity contribution in [2.45, 2.75) is 12.5 Å². The number of hydrogen-bond donors (Lipinski definition) is 2. The van der Waals surface area contributed by atoms with Gasteiger partial charge in [0.2, 0.25) is 0 Å². The highest BCUT2D eigenvalue weighted by Crippen LogP contribution is 2.27. The van der Waals surface area contributed by atoms with E-state index in [-0.39, 0.29) is 6.10 Å².